The van der Waals surface area contributed by atoms with Crippen molar-refractivity contribution in [2.75, 3.05) is 24.6 Å². The number of benzene rings is 1. The first-order chi connectivity index (χ1) is 14.8. The number of aromatic amines is 1. The number of carbonyl (C=O) groups is 1. The lowest BCUT2D eigenvalue weighted by molar-refractivity contribution is -0.144. The van der Waals surface area contributed by atoms with Crippen LogP contribution in [0.5, 0.6) is 0 Å². The highest BCUT2D eigenvalue weighted by Gasteiger charge is 2.36. The Morgan fingerprint density at radius 1 is 1.26 bits per heavy atom. The fraction of sp³-hybridized carbons (Fsp3) is 0.263. The van der Waals surface area contributed by atoms with Crippen molar-refractivity contribution >= 4 is 17.4 Å². The minimum absolute atomic E-state index is 0.0111. The summed E-state index contributed by atoms with van der Waals surface area (Å²) in [4.78, 5) is 20.6. The van der Waals surface area contributed by atoms with Gasteiger partial charge in [0.2, 0.25) is 5.82 Å². The van der Waals surface area contributed by atoms with E-state index in [1.54, 1.807) is 0 Å². The molecule has 3 heterocycles. The maximum absolute atomic E-state index is 14.9. The molecule has 0 aliphatic carbocycles. The van der Waals surface area contributed by atoms with Crippen LogP contribution in [-0.4, -0.2) is 45.8 Å². The van der Waals surface area contributed by atoms with E-state index in [0.29, 0.717) is 19.7 Å². The summed E-state index contributed by atoms with van der Waals surface area (Å²) in [6.07, 6.45) is -1.98. The van der Waals surface area contributed by atoms with Crippen LogP contribution in [0.4, 0.5) is 29.1 Å². The Hall–Kier alpha value is -3.38. The molecule has 0 bridgehead atoms. The number of halogens is 4. The van der Waals surface area contributed by atoms with Gasteiger partial charge in [0.25, 0.3) is 5.91 Å². The van der Waals surface area contributed by atoms with Crippen LogP contribution in [0.2, 0.25) is 0 Å². The summed E-state index contributed by atoms with van der Waals surface area (Å²) in [6.45, 7) is 1.48. The van der Waals surface area contributed by atoms with Gasteiger partial charge in [0.05, 0.1) is 30.2 Å². The van der Waals surface area contributed by atoms with Gasteiger partial charge >= 0.3 is 6.18 Å². The minimum Gasteiger partial charge on any atom is -0.371 e. The van der Waals surface area contributed by atoms with E-state index in [2.05, 4.69) is 25.5 Å². The molecule has 3 aromatic rings. The Morgan fingerprint density at radius 2 is 2.10 bits per heavy atom. The van der Waals surface area contributed by atoms with E-state index >= 15 is 0 Å². The Balaban J connectivity index is 1.76. The van der Waals surface area contributed by atoms with Crippen molar-refractivity contribution in [2.24, 2.45) is 0 Å². The lowest BCUT2D eigenvalue weighted by Crippen LogP contribution is -2.34. The number of rotatable bonds is 4. The van der Waals surface area contributed by atoms with Gasteiger partial charge in [-0.1, -0.05) is 6.07 Å². The van der Waals surface area contributed by atoms with Crippen LogP contribution in [0, 0.1) is 5.82 Å². The number of hydrogen-bond donors (Lipinski definition) is 2. The molecular formula is C19H16F4N6O2. The van der Waals surface area contributed by atoms with E-state index in [1.807, 2.05) is 0 Å². The lowest BCUT2D eigenvalue weighted by atomic mass is 10.1. The molecule has 4 rings (SSSR count). The molecule has 8 nitrogen and oxygen atoms in total. The summed E-state index contributed by atoms with van der Waals surface area (Å²) < 4.78 is 59.8. The van der Waals surface area contributed by atoms with Gasteiger partial charge in [-0.05, 0) is 18.2 Å². The molecule has 1 aliphatic rings. The highest BCUT2D eigenvalue weighted by atomic mass is 19.4. The molecule has 0 unspecified atom stereocenters. The van der Waals surface area contributed by atoms with Gasteiger partial charge in [-0.2, -0.15) is 18.3 Å². The van der Waals surface area contributed by atoms with E-state index in [9.17, 15) is 22.4 Å². The first-order valence-corrected chi connectivity index (χ1v) is 9.20. The third kappa shape index (κ3) is 4.39. The van der Waals surface area contributed by atoms with Crippen LogP contribution in [0.25, 0.3) is 0 Å². The van der Waals surface area contributed by atoms with Gasteiger partial charge in [-0.25, -0.2) is 14.4 Å². The number of carbonyl (C=O) groups excluding carboxylic acids is 1. The van der Waals surface area contributed by atoms with Gasteiger partial charge in [-0.15, -0.1) is 0 Å². The standard InChI is InChI=1S/C19H16F4N6O2/c20-14-7-12(1-2-13(14)15-10-24-5-6-31-15)29(17(30)11-8-26-27-9-11)16-3-4-25-18(28-16)19(21,22)23/h1-4,7-9,15,24H,5-6,10H2,(H,26,27)/t15-/m1/s1. The summed E-state index contributed by atoms with van der Waals surface area (Å²) in [5.41, 5.74) is 0.310. The number of morpholine rings is 1. The molecule has 2 N–H and O–H groups in total. The molecule has 2 aromatic heterocycles. The Morgan fingerprint density at radius 3 is 2.74 bits per heavy atom. The van der Waals surface area contributed by atoms with Crippen molar-refractivity contribution in [3.8, 4) is 0 Å². The van der Waals surface area contributed by atoms with Crippen LogP contribution in [0.15, 0.2) is 42.9 Å². The molecule has 1 atom stereocenters. The third-order valence-electron chi connectivity index (χ3n) is 4.59. The molecule has 31 heavy (non-hydrogen) atoms. The quantitative estimate of drug-likeness (QED) is 0.611. The van der Waals surface area contributed by atoms with Crippen molar-refractivity contribution in [1.82, 2.24) is 25.5 Å². The molecule has 1 fully saturated rings. The summed E-state index contributed by atoms with van der Waals surface area (Å²) in [5, 5.41) is 9.23. The average Bonchev–Trinajstić information content (AvgIpc) is 3.29. The number of alkyl halides is 3. The predicted octanol–water partition coefficient (Wildman–Crippen LogP) is 3.00. The maximum Gasteiger partial charge on any atom is 0.451 e. The van der Waals surface area contributed by atoms with Crippen molar-refractivity contribution in [3.05, 3.63) is 65.6 Å². The zero-order valence-electron chi connectivity index (χ0n) is 15.9. The van der Waals surface area contributed by atoms with E-state index in [4.69, 9.17) is 4.74 Å². The first-order valence-electron chi connectivity index (χ1n) is 9.20. The number of ether oxygens (including phenoxy) is 1. The Kier molecular flexibility index (Phi) is 5.65. The van der Waals surface area contributed by atoms with Crippen LogP contribution in [0.3, 0.4) is 0 Å². The summed E-state index contributed by atoms with van der Waals surface area (Å²) >= 11 is 0. The highest BCUT2D eigenvalue weighted by molar-refractivity contribution is 6.10. The number of amides is 1. The van der Waals surface area contributed by atoms with Crippen LogP contribution < -0.4 is 10.2 Å². The van der Waals surface area contributed by atoms with Gasteiger partial charge in [0.15, 0.2) is 0 Å². The second-order valence-corrected chi connectivity index (χ2v) is 6.63. The average molecular weight is 436 g/mol. The van der Waals surface area contributed by atoms with Gasteiger partial charge in [0.1, 0.15) is 11.6 Å². The summed E-state index contributed by atoms with van der Waals surface area (Å²) in [7, 11) is 0. The van der Waals surface area contributed by atoms with E-state index in [0.717, 1.165) is 23.2 Å². The van der Waals surface area contributed by atoms with Crippen LogP contribution in [-0.2, 0) is 10.9 Å². The second kappa shape index (κ2) is 8.40. The second-order valence-electron chi connectivity index (χ2n) is 6.63. The van der Waals surface area contributed by atoms with Crippen LogP contribution in [0.1, 0.15) is 27.8 Å². The molecule has 0 saturated carbocycles. The molecule has 162 valence electrons. The minimum atomic E-state index is -4.82. The van der Waals surface area contributed by atoms with Gasteiger partial charge < -0.3 is 10.1 Å². The summed E-state index contributed by atoms with van der Waals surface area (Å²) in [6, 6.07) is 5.04. The maximum atomic E-state index is 14.9. The van der Waals surface area contributed by atoms with Gasteiger partial charge in [0, 0.05) is 31.0 Å². The number of hydrogen-bond acceptors (Lipinski definition) is 6. The van der Waals surface area contributed by atoms with E-state index in [-0.39, 0.29) is 22.6 Å². The third-order valence-corrected chi connectivity index (χ3v) is 4.59. The highest BCUT2D eigenvalue weighted by Crippen LogP contribution is 2.32. The first kappa shape index (κ1) is 20.9. The SMILES string of the molecule is O=C(c1cn[nH]c1)N(c1ccc([C@H]2CNCCO2)c(F)c1)c1ccnc(C(F)(F)F)n1. The Labute approximate surface area is 173 Å². The number of H-pyrrole nitrogens is 1. The molecule has 12 heteroatoms. The normalized spacial score (nSPS) is 16.8. The summed E-state index contributed by atoms with van der Waals surface area (Å²) in [5.74, 6) is -3.20. The van der Waals surface area contributed by atoms with Crippen molar-refractivity contribution < 1.29 is 27.1 Å². The molecular weight excluding hydrogens is 420 g/mol. The van der Waals surface area contributed by atoms with Crippen LogP contribution >= 0.6 is 0 Å². The Bertz CT molecular complexity index is 1070. The molecule has 1 aliphatic heterocycles. The lowest BCUT2D eigenvalue weighted by Gasteiger charge is -2.26. The van der Waals surface area contributed by atoms with Crippen molar-refractivity contribution in [3.63, 3.8) is 0 Å². The largest absolute Gasteiger partial charge is 0.451 e. The predicted molar refractivity (Wildman–Crippen MR) is 100 cm³/mol. The van der Waals surface area contributed by atoms with E-state index in [1.165, 1.54) is 24.5 Å². The van der Waals surface area contributed by atoms with Crippen molar-refractivity contribution in [1.29, 1.82) is 0 Å². The topological polar surface area (TPSA) is 96.0 Å². The number of nitrogens with zero attached hydrogens (tertiary/aromatic N) is 4. The number of anilines is 2. The molecule has 1 saturated heterocycles. The number of aromatic nitrogens is 4. The van der Waals surface area contributed by atoms with E-state index < -0.39 is 29.8 Å². The molecule has 1 aromatic carbocycles. The molecule has 0 radical (unpaired) electrons. The van der Waals surface area contributed by atoms with Gasteiger partial charge in [-0.3, -0.25) is 14.8 Å². The zero-order chi connectivity index (χ0) is 22.0. The number of nitrogens with one attached hydrogen (secondary N) is 2. The monoisotopic (exact) mass is 436 g/mol. The zero-order valence-corrected chi connectivity index (χ0v) is 15.9. The van der Waals surface area contributed by atoms with Crippen molar-refractivity contribution in [2.45, 2.75) is 12.3 Å². The smallest absolute Gasteiger partial charge is 0.371 e. The fourth-order valence-corrected chi connectivity index (χ4v) is 3.14. The molecule has 1 amide bonds. The molecule has 0 spiro atoms. The fourth-order valence-electron chi connectivity index (χ4n) is 3.14.